The predicted octanol–water partition coefficient (Wildman–Crippen LogP) is 2.72. The van der Waals surface area contributed by atoms with Crippen LogP contribution in [-0.4, -0.2) is 29.1 Å². The van der Waals surface area contributed by atoms with Crippen molar-refractivity contribution in [1.82, 2.24) is 10.3 Å². The number of nitrogens with zero attached hydrogens (tertiary/aromatic N) is 2. The van der Waals surface area contributed by atoms with Crippen molar-refractivity contribution in [1.29, 1.82) is 0 Å². The van der Waals surface area contributed by atoms with E-state index in [0.717, 1.165) is 23.3 Å². The molecule has 0 aliphatic carbocycles. The summed E-state index contributed by atoms with van der Waals surface area (Å²) in [6.45, 7) is 1.06. The highest BCUT2D eigenvalue weighted by Crippen LogP contribution is 2.14. The van der Waals surface area contributed by atoms with Crippen molar-refractivity contribution >= 4 is 17.5 Å². The van der Waals surface area contributed by atoms with E-state index < -0.39 is 0 Å². The SMILES string of the molecule is O=C(CCC(=O)N1CCC(c2ccccc2)=N1)NCc1ccccc1. The van der Waals surface area contributed by atoms with Crippen LogP contribution in [0.15, 0.2) is 65.8 Å². The largest absolute Gasteiger partial charge is 0.352 e. The molecule has 0 spiro atoms. The highest BCUT2D eigenvalue weighted by Gasteiger charge is 2.21. The summed E-state index contributed by atoms with van der Waals surface area (Å²) in [6, 6.07) is 19.6. The fourth-order valence-corrected chi connectivity index (χ4v) is 2.71. The molecule has 0 bridgehead atoms. The van der Waals surface area contributed by atoms with Gasteiger partial charge in [-0.1, -0.05) is 60.7 Å². The molecule has 2 amide bonds. The molecule has 2 aromatic rings. The molecule has 2 aromatic carbocycles. The van der Waals surface area contributed by atoms with Gasteiger partial charge in [0, 0.05) is 25.8 Å². The third kappa shape index (κ3) is 4.76. The van der Waals surface area contributed by atoms with Gasteiger partial charge in [0.1, 0.15) is 0 Å². The van der Waals surface area contributed by atoms with Gasteiger partial charge >= 0.3 is 0 Å². The topological polar surface area (TPSA) is 61.8 Å². The number of hydrazone groups is 1. The molecule has 1 N–H and O–H groups in total. The Balaban J connectivity index is 1.45. The minimum Gasteiger partial charge on any atom is -0.352 e. The standard InChI is InChI=1S/C20H21N3O2/c24-19(21-15-16-7-3-1-4-8-16)11-12-20(25)23-14-13-18(22-23)17-9-5-2-6-10-17/h1-10H,11-15H2,(H,21,24). The van der Waals surface area contributed by atoms with Crippen LogP contribution in [0.3, 0.4) is 0 Å². The number of carbonyl (C=O) groups excluding carboxylic acids is 2. The molecule has 0 unspecified atom stereocenters. The average molecular weight is 335 g/mol. The van der Waals surface area contributed by atoms with Gasteiger partial charge < -0.3 is 5.32 Å². The van der Waals surface area contributed by atoms with Crippen LogP contribution in [0.1, 0.15) is 30.4 Å². The van der Waals surface area contributed by atoms with E-state index in [4.69, 9.17) is 0 Å². The summed E-state index contributed by atoms with van der Waals surface area (Å²) in [5.41, 5.74) is 3.00. The van der Waals surface area contributed by atoms with E-state index in [9.17, 15) is 9.59 Å². The lowest BCUT2D eigenvalue weighted by atomic mass is 10.1. The van der Waals surface area contributed by atoms with Gasteiger partial charge in [0.15, 0.2) is 0 Å². The molecule has 128 valence electrons. The van der Waals surface area contributed by atoms with Crippen molar-refractivity contribution < 1.29 is 9.59 Å². The maximum absolute atomic E-state index is 12.2. The Morgan fingerprint density at radius 2 is 1.64 bits per heavy atom. The summed E-state index contributed by atoms with van der Waals surface area (Å²) >= 11 is 0. The van der Waals surface area contributed by atoms with Crippen molar-refractivity contribution in [3.8, 4) is 0 Å². The zero-order valence-corrected chi connectivity index (χ0v) is 14.0. The van der Waals surface area contributed by atoms with Crippen molar-refractivity contribution in [2.24, 2.45) is 5.10 Å². The molecule has 3 rings (SSSR count). The van der Waals surface area contributed by atoms with Gasteiger partial charge in [-0.2, -0.15) is 5.10 Å². The molecular formula is C20H21N3O2. The van der Waals surface area contributed by atoms with E-state index in [1.54, 1.807) is 0 Å². The average Bonchev–Trinajstić information content (AvgIpc) is 3.16. The van der Waals surface area contributed by atoms with Gasteiger partial charge in [-0.25, -0.2) is 5.01 Å². The lowest BCUT2D eigenvalue weighted by Gasteiger charge is -2.11. The van der Waals surface area contributed by atoms with Crippen LogP contribution >= 0.6 is 0 Å². The number of benzene rings is 2. The van der Waals surface area contributed by atoms with Crippen LogP contribution in [0.25, 0.3) is 0 Å². The molecular weight excluding hydrogens is 314 g/mol. The first kappa shape index (κ1) is 16.9. The number of hydrogen-bond donors (Lipinski definition) is 1. The zero-order chi connectivity index (χ0) is 17.5. The number of hydrogen-bond acceptors (Lipinski definition) is 3. The Kier molecular flexibility index (Phi) is 5.57. The summed E-state index contributed by atoms with van der Waals surface area (Å²) in [4.78, 5) is 24.1. The first-order chi connectivity index (χ1) is 12.2. The van der Waals surface area contributed by atoms with E-state index >= 15 is 0 Å². The Morgan fingerprint density at radius 1 is 0.960 bits per heavy atom. The minimum atomic E-state index is -0.122. The summed E-state index contributed by atoms with van der Waals surface area (Å²) in [5.74, 6) is -0.232. The molecule has 0 radical (unpaired) electrons. The summed E-state index contributed by atoms with van der Waals surface area (Å²) in [6.07, 6.45) is 1.10. The normalized spacial score (nSPS) is 13.4. The van der Waals surface area contributed by atoms with Gasteiger partial charge in [0.2, 0.25) is 11.8 Å². The Labute approximate surface area is 147 Å². The second-order valence-electron chi connectivity index (χ2n) is 5.94. The van der Waals surface area contributed by atoms with Crippen LogP contribution < -0.4 is 5.32 Å². The number of carbonyl (C=O) groups is 2. The van der Waals surface area contributed by atoms with Gasteiger partial charge in [-0.15, -0.1) is 0 Å². The van der Waals surface area contributed by atoms with Gasteiger partial charge in [-0.05, 0) is 11.1 Å². The Hall–Kier alpha value is -2.95. The number of nitrogens with one attached hydrogen (secondary N) is 1. The number of amides is 2. The van der Waals surface area contributed by atoms with Crippen molar-refractivity contribution in [2.75, 3.05) is 6.54 Å². The Morgan fingerprint density at radius 3 is 2.36 bits per heavy atom. The lowest BCUT2D eigenvalue weighted by Crippen LogP contribution is -2.27. The summed E-state index contributed by atoms with van der Waals surface area (Å²) in [5, 5.41) is 8.71. The molecule has 5 nitrogen and oxygen atoms in total. The molecule has 1 aliphatic rings. The summed E-state index contributed by atoms with van der Waals surface area (Å²) < 4.78 is 0. The third-order valence-corrected chi connectivity index (χ3v) is 4.10. The first-order valence-electron chi connectivity index (χ1n) is 8.46. The molecule has 0 saturated carbocycles. The fourth-order valence-electron chi connectivity index (χ4n) is 2.71. The zero-order valence-electron chi connectivity index (χ0n) is 14.0. The fraction of sp³-hybridized carbons (Fsp3) is 0.250. The molecule has 0 aromatic heterocycles. The molecule has 0 saturated heterocycles. The lowest BCUT2D eigenvalue weighted by molar-refractivity contribution is -0.133. The Bertz CT molecular complexity index is 757. The smallest absolute Gasteiger partial charge is 0.243 e. The maximum Gasteiger partial charge on any atom is 0.243 e. The van der Waals surface area contributed by atoms with Crippen molar-refractivity contribution in [2.45, 2.75) is 25.8 Å². The van der Waals surface area contributed by atoms with Crippen LogP contribution in [0, 0.1) is 0 Å². The van der Waals surface area contributed by atoms with Crippen LogP contribution in [-0.2, 0) is 16.1 Å². The predicted molar refractivity (Wildman–Crippen MR) is 96.8 cm³/mol. The van der Waals surface area contributed by atoms with E-state index in [1.165, 1.54) is 5.01 Å². The first-order valence-corrected chi connectivity index (χ1v) is 8.46. The molecule has 1 aliphatic heterocycles. The third-order valence-electron chi connectivity index (χ3n) is 4.10. The molecule has 5 heteroatoms. The van der Waals surface area contributed by atoms with E-state index in [0.29, 0.717) is 13.1 Å². The van der Waals surface area contributed by atoms with Gasteiger partial charge in [-0.3, -0.25) is 9.59 Å². The van der Waals surface area contributed by atoms with Gasteiger partial charge in [0.25, 0.3) is 0 Å². The minimum absolute atomic E-state index is 0.110. The summed E-state index contributed by atoms with van der Waals surface area (Å²) in [7, 11) is 0. The second-order valence-corrected chi connectivity index (χ2v) is 5.94. The molecule has 0 atom stereocenters. The van der Waals surface area contributed by atoms with Crippen molar-refractivity contribution in [3.63, 3.8) is 0 Å². The molecule has 1 heterocycles. The monoisotopic (exact) mass is 335 g/mol. The van der Waals surface area contributed by atoms with Crippen LogP contribution in [0.5, 0.6) is 0 Å². The molecule has 0 fully saturated rings. The van der Waals surface area contributed by atoms with E-state index in [1.807, 2.05) is 60.7 Å². The van der Waals surface area contributed by atoms with Crippen LogP contribution in [0.2, 0.25) is 0 Å². The van der Waals surface area contributed by atoms with Crippen LogP contribution in [0.4, 0.5) is 0 Å². The van der Waals surface area contributed by atoms with Gasteiger partial charge in [0.05, 0.1) is 12.3 Å². The highest BCUT2D eigenvalue weighted by atomic mass is 16.2. The van der Waals surface area contributed by atoms with Crippen molar-refractivity contribution in [3.05, 3.63) is 71.8 Å². The van der Waals surface area contributed by atoms with E-state index in [-0.39, 0.29) is 24.7 Å². The quantitative estimate of drug-likeness (QED) is 0.882. The highest BCUT2D eigenvalue weighted by molar-refractivity contribution is 6.02. The molecule has 25 heavy (non-hydrogen) atoms. The second kappa shape index (κ2) is 8.24. The van der Waals surface area contributed by atoms with E-state index in [2.05, 4.69) is 10.4 Å². The number of rotatable bonds is 6. The maximum atomic E-state index is 12.2.